The fourth-order valence-electron chi connectivity index (χ4n) is 2.80. The number of hydrogen-bond acceptors (Lipinski definition) is 6. The van der Waals surface area contributed by atoms with Gasteiger partial charge in [0.15, 0.2) is 0 Å². The molecule has 0 radical (unpaired) electrons. The Morgan fingerprint density at radius 3 is 2.58 bits per heavy atom. The molecule has 0 saturated heterocycles. The molecular formula is C18H12ClN3O3S. The van der Waals surface area contributed by atoms with Gasteiger partial charge in [0.1, 0.15) is 9.53 Å². The highest BCUT2D eigenvalue weighted by atomic mass is 35.5. The third-order valence-corrected chi connectivity index (χ3v) is 5.29. The molecule has 8 heteroatoms. The van der Waals surface area contributed by atoms with Gasteiger partial charge in [0.05, 0.1) is 18.3 Å². The van der Waals surface area contributed by atoms with Crippen molar-refractivity contribution < 1.29 is 14.6 Å². The van der Waals surface area contributed by atoms with Gasteiger partial charge in [-0.15, -0.1) is 11.3 Å². The molecule has 0 aliphatic rings. The Labute approximate surface area is 157 Å². The molecule has 6 nitrogen and oxygen atoms in total. The Morgan fingerprint density at radius 1 is 1.19 bits per heavy atom. The topological polar surface area (TPSA) is 85.2 Å². The first-order valence-electron chi connectivity index (χ1n) is 7.63. The second kappa shape index (κ2) is 6.19. The lowest BCUT2D eigenvalue weighted by atomic mass is 10.1. The van der Waals surface area contributed by atoms with E-state index in [0.29, 0.717) is 15.2 Å². The number of benzene rings is 1. The lowest BCUT2D eigenvalue weighted by Crippen LogP contribution is -2.05. The van der Waals surface area contributed by atoms with Crippen molar-refractivity contribution in [1.82, 2.24) is 15.0 Å². The number of rotatable bonds is 3. The number of aromatic nitrogens is 3. The van der Waals surface area contributed by atoms with Gasteiger partial charge in [-0.2, -0.15) is 4.98 Å². The van der Waals surface area contributed by atoms with E-state index < -0.39 is 5.97 Å². The van der Waals surface area contributed by atoms with Crippen LogP contribution in [0.15, 0.2) is 30.3 Å². The molecule has 0 bridgehead atoms. The van der Waals surface area contributed by atoms with E-state index in [0.717, 1.165) is 27.0 Å². The number of aromatic carboxylic acids is 1. The van der Waals surface area contributed by atoms with Gasteiger partial charge in [0.25, 0.3) is 0 Å². The number of carbonyl (C=O) groups is 1. The molecule has 0 aliphatic carbocycles. The molecule has 3 heterocycles. The zero-order chi connectivity index (χ0) is 18.4. The average Bonchev–Trinajstić information content (AvgIpc) is 3.00. The van der Waals surface area contributed by atoms with Crippen LogP contribution in [0.2, 0.25) is 5.02 Å². The quantitative estimate of drug-likeness (QED) is 0.555. The third-order valence-electron chi connectivity index (χ3n) is 3.98. The fourth-order valence-corrected chi connectivity index (χ4v) is 4.08. The maximum absolute atomic E-state index is 11.3. The average molecular weight is 386 g/mol. The molecule has 1 aromatic carbocycles. The summed E-state index contributed by atoms with van der Waals surface area (Å²) in [5, 5.41) is 10.7. The van der Waals surface area contributed by atoms with E-state index in [1.54, 1.807) is 0 Å². The Bertz CT molecular complexity index is 1170. The molecule has 0 unspecified atom stereocenters. The number of carboxylic acids is 1. The lowest BCUT2D eigenvalue weighted by Gasteiger charge is -2.05. The molecule has 0 fully saturated rings. The summed E-state index contributed by atoms with van der Waals surface area (Å²) in [5.74, 6) is -1.26. The maximum atomic E-state index is 11.3. The molecule has 1 N–H and O–H groups in total. The molecule has 26 heavy (non-hydrogen) atoms. The van der Waals surface area contributed by atoms with Gasteiger partial charge in [-0.05, 0) is 30.7 Å². The molecule has 130 valence electrons. The molecule has 0 amide bonds. The third kappa shape index (κ3) is 2.65. The standard InChI is InChI=1S/C18H12ClN3O3S/c1-8-7-11(9-3-5-10(19)6-4-9)20-17-12(8)13-14(26-17)16(25-2)22-15(21-13)18(23)24/h3-7H,1-2H3,(H,23,24). The van der Waals surface area contributed by atoms with E-state index in [1.165, 1.54) is 18.4 Å². The monoisotopic (exact) mass is 385 g/mol. The second-order valence-electron chi connectivity index (χ2n) is 5.65. The lowest BCUT2D eigenvalue weighted by molar-refractivity contribution is 0.0683. The molecule has 4 aromatic rings. The molecule has 0 saturated carbocycles. The Kier molecular flexibility index (Phi) is 3.97. The van der Waals surface area contributed by atoms with Crippen LogP contribution >= 0.6 is 22.9 Å². The molecule has 0 spiro atoms. The van der Waals surface area contributed by atoms with E-state index >= 15 is 0 Å². The summed E-state index contributed by atoms with van der Waals surface area (Å²) >= 11 is 7.34. The van der Waals surface area contributed by atoms with Gasteiger partial charge in [-0.3, -0.25) is 0 Å². The highest BCUT2D eigenvalue weighted by Gasteiger charge is 2.20. The first-order chi connectivity index (χ1) is 12.5. The summed E-state index contributed by atoms with van der Waals surface area (Å²) in [4.78, 5) is 25.0. The molecule has 0 aliphatic heterocycles. The van der Waals surface area contributed by atoms with Gasteiger partial charge in [0.2, 0.25) is 11.7 Å². The van der Waals surface area contributed by atoms with Crippen molar-refractivity contribution >= 4 is 49.3 Å². The summed E-state index contributed by atoms with van der Waals surface area (Å²) in [6, 6.07) is 9.40. The number of hydrogen-bond donors (Lipinski definition) is 1. The van der Waals surface area contributed by atoms with Crippen LogP contribution in [-0.4, -0.2) is 33.1 Å². The number of carboxylic acid groups (broad SMARTS) is 1. The first kappa shape index (κ1) is 16.7. The number of methoxy groups -OCH3 is 1. The number of aryl methyl sites for hydroxylation is 1. The van der Waals surface area contributed by atoms with Crippen LogP contribution in [0, 0.1) is 6.92 Å². The minimum atomic E-state index is -1.20. The summed E-state index contributed by atoms with van der Waals surface area (Å²) in [6.07, 6.45) is 0. The second-order valence-corrected chi connectivity index (χ2v) is 7.09. The number of nitrogens with zero attached hydrogens (tertiary/aromatic N) is 3. The molecule has 4 rings (SSSR count). The number of thiophene rings is 1. The first-order valence-corrected chi connectivity index (χ1v) is 8.82. The number of fused-ring (bicyclic) bond motifs is 3. The van der Waals surface area contributed by atoms with Gasteiger partial charge in [-0.25, -0.2) is 14.8 Å². The van der Waals surface area contributed by atoms with Gasteiger partial charge in [-0.1, -0.05) is 23.7 Å². The van der Waals surface area contributed by atoms with Crippen molar-refractivity contribution in [3.63, 3.8) is 0 Å². The van der Waals surface area contributed by atoms with E-state index in [1.807, 2.05) is 37.3 Å². The number of ether oxygens (including phenoxy) is 1. The van der Waals surface area contributed by atoms with E-state index in [2.05, 4.69) is 9.97 Å². The van der Waals surface area contributed by atoms with Crippen molar-refractivity contribution in [3.8, 4) is 17.1 Å². The van der Waals surface area contributed by atoms with Crippen LogP contribution in [0.5, 0.6) is 5.88 Å². The zero-order valence-corrected chi connectivity index (χ0v) is 15.4. The SMILES string of the molecule is COc1nc(C(=O)O)nc2c1sc1nc(-c3ccc(Cl)cc3)cc(C)c12. The molecular weight excluding hydrogens is 374 g/mol. The van der Waals surface area contributed by atoms with Crippen LogP contribution in [0.3, 0.4) is 0 Å². The van der Waals surface area contributed by atoms with Crippen LogP contribution in [0.4, 0.5) is 0 Å². The molecule has 0 atom stereocenters. The van der Waals surface area contributed by atoms with Crippen molar-refractivity contribution in [3.05, 3.63) is 46.7 Å². The Balaban J connectivity index is 2.02. The summed E-state index contributed by atoms with van der Waals surface area (Å²) in [7, 11) is 1.46. The maximum Gasteiger partial charge on any atom is 0.374 e. The van der Waals surface area contributed by atoms with Gasteiger partial charge in [0, 0.05) is 16.0 Å². The molecule has 3 aromatic heterocycles. The summed E-state index contributed by atoms with van der Waals surface area (Å²) in [5.41, 5.74) is 3.25. The minimum Gasteiger partial charge on any atom is -0.480 e. The van der Waals surface area contributed by atoms with Crippen molar-refractivity contribution in [1.29, 1.82) is 0 Å². The Morgan fingerprint density at radius 2 is 1.92 bits per heavy atom. The van der Waals surface area contributed by atoms with Crippen molar-refractivity contribution in [2.24, 2.45) is 0 Å². The highest BCUT2D eigenvalue weighted by molar-refractivity contribution is 7.25. The highest BCUT2D eigenvalue weighted by Crippen LogP contribution is 2.39. The van der Waals surface area contributed by atoms with Gasteiger partial charge < -0.3 is 9.84 Å². The van der Waals surface area contributed by atoms with Crippen LogP contribution < -0.4 is 4.74 Å². The van der Waals surface area contributed by atoms with Crippen molar-refractivity contribution in [2.45, 2.75) is 6.92 Å². The normalized spacial score (nSPS) is 11.2. The van der Waals surface area contributed by atoms with Crippen LogP contribution in [0.1, 0.15) is 16.2 Å². The minimum absolute atomic E-state index is 0.239. The smallest absolute Gasteiger partial charge is 0.374 e. The summed E-state index contributed by atoms with van der Waals surface area (Å²) in [6.45, 7) is 1.95. The fraction of sp³-hybridized carbons (Fsp3) is 0.111. The summed E-state index contributed by atoms with van der Waals surface area (Å²) < 4.78 is 5.95. The van der Waals surface area contributed by atoms with Crippen LogP contribution in [-0.2, 0) is 0 Å². The largest absolute Gasteiger partial charge is 0.480 e. The predicted octanol–water partition coefficient (Wildman–Crippen LogP) is 4.58. The van der Waals surface area contributed by atoms with E-state index in [9.17, 15) is 9.90 Å². The van der Waals surface area contributed by atoms with Crippen LogP contribution in [0.25, 0.3) is 31.7 Å². The zero-order valence-electron chi connectivity index (χ0n) is 13.8. The Hall–Kier alpha value is -2.77. The van der Waals surface area contributed by atoms with Crippen molar-refractivity contribution in [2.75, 3.05) is 7.11 Å². The van der Waals surface area contributed by atoms with E-state index in [-0.39, 0.29) is 11.7 Å². The van der Waals surface area contributed by atoms with Gasteiger partial charge >= 0.3 is 5.97 Å². The van der Waals surface area contributed by atoms with E-state index in [4.69, 9.17) is 21.3 Å². The predicted molar refractivity (Wildman–Crippen MR) is 101 cm³/mol. The number of halogens is 1. The number of pyridine rings is 1.